The maximum Gasteiger partial charge on any atom is 0.509 e. The molecular formula is C7H6BF4S-. The van der Waals surface area contributed by atoms with Gasteiger partial charge in [0, 0.05) is 4.90 Å². The highest BCUT2D eigenvalue weighted by Crippen LogP contribution is 2.19. The Bertz CT molecular complexity index is 310. The van der Waals surface area contributed by atoms with Crippen LogP contribution in [-0.2, 0) is 0 Å². The summed E-state index contributed by atoms with van der Waals surface area (Å²) in [5.41, 5.74) is -0.893. The van der Waals surface area contributed by atoms with Crippen molar-refractivity contribution < 1.29 is 17.3 Å². The molecule has 0 N–H and O–H groups in total. The SMILES string of the molecule is CSc1ccc([B-](F)(F)F)cc1F. The lowest BCUT2D eigenvalue weighted by molar-refractivity contribution is 0.499. The number of benzene rings is 1. The second kappa shape index (κ2) is 3.61. The van der Waals surface area contributed by atoms with Crippen LogP contribution in [0, 0.1) is 5.82 Å². The van der Waals surface area contributed by atoms with Crippen molar-refractivity contribution in [1.29, 1.82) is 0 Å². The highest BCUT2D eigenvalue weighted by Gasteiger charge is 2.26. The first-order chi connectivity index (χ1) is 5.95. The van der Waals surface area contributed by atoms with Gasteiger partial charge in [0.25, 0.3) is 0 Å². The molecule has 0 aliphatic heterocycles. The molecule has 0 nitrogen and oxygen atoms in total. The molecular weight excluding hydrogens is 203 g/mol. The van der Waals surface area contributed by atoms with Gasteiger partial charge in [-0.05, 0) is 12.3 Å². The van der Waals surface area contributed by atoms with Gasteiger partial charge in [-0.15, -0.1) is 17.2 Å². The van der Waals surface area contributed by atoms with E-state index < -0.39 is 18.3 Å². The molecule has 13 heavy (non-hydrogen) atoms. The lowest BCUT2D eigenvalue weighted by Gasteiger charge is -2.15. The fourth-order valence-electron chi connectivity index (χ4n) is 0.886. The lowest BCUT2D eigenvalue weighted by Crippen LogP contribution is -2.34. The van der Waals surface area contributed by atoms with Crippen LogP contribution in [0.2, 0.25) is 0 Å². The molecule has 0 atom stereocenters. The van der Waals surface area contributed by atoms with Crippen molar-refractivity contribution in [1.82, 2.24) is 0 Å². The van der Waals surface area contributed by atoms with Crippen LogP contribution >= 0.6 is 11.8 Å². The molecule has 0 saturated heterocycles. The summed E-state index contributed by atoms with van der Waals surface area (Å²) in [4.78, 5) is 0.226. The predicted octanol–water partition coefficient (Wildman–Crippen LogP) is 2.60. The van der Waals surface area contributed by atoms with E-state index in [4.69, 9.17) is 0 Å². The number of thioether (sulfide) groups is 1. The fraction of sp³-hybridized carbons (Fsp3) is 0.143. The number of hydrogen-bond donors (Lipinski definition) is 0. The van der Waals surface area contributed by atoms with Crippen LogP contribution in [0.4, 0.5) is 17.3 Å². The van der Waals surface area contributed by atoms with E-state index in [0.29, 0.717) is 6.07 Å². The van der Waals surface area contributed by atoms with Gasteiger partial charge in [-0.25, -0.2) is 4.39 Å². The minimum atomic E-state index is -5.09. The molecule has 0 fully saturated rings. The largest absolute Gasteiger partial charge is 0.509 e. The monoisotopic (exact) mass is 209 g/mol. The Morgan fingerprint density at radius 2 is 1.85 bits per heavy atom. The summed E-state index contributed by atoms with van der Waals surface area (Å²) >= 11 is 1.08. The summed E-state index contributed by atoms with van der Waals surface area (Å²) < 4.78 is 49.1. The molecule has 0 spiro atoms. The predicted molar refractivity (Wildman–Crippen MR) is 46.9 cm³/mol. The van der Waals surface area contributed by atoms with Gasteiger partial charge >= 0.3 is 6.98 Å². The van der Waals surface area contributed by atoms with E-state index in [9.17, 15) is 17.3 Å². The molecule has 0 aliphatic rings. The van der Waals surface area contributed by atoms with E-state index in [2.05, 4.69) is 0 Å². The van der Waals surface area contributed by atoms with Gasteiger partial charge in [0.05, 0.1) is 0 Å². The molecule has 0 aliphatic carbocycles. The van der Waals surface area contributed by atoms with Gasteiger partial charge in [0.15, 0.2) is 0 Å². The van der Waals surface area contributed by atoms with E-state index in [-0.39, 0.29) is 4.90 Å². The highest BCUT2D eigenvalue weighted by atomic mass is 32.2. The van der Waals surface area contributed by atoms with Crippen molar-refractivity contribution in [3.63, 3.8) is 0 Å². The van der Waals surface area contributed by atoms with Crippen molar-refractivity contribution in [2.45, 2.75) is 4.90 Å². The van der Waals surface area contributed by atoms with E-state index in [0.717, 1.165) is 23.9 Å². The van der Waals surface area contributed by atoms with E-state index in [1.807, 2.05) is 0 Å². The number of rotatable bonds is 2. The van der Waals surface area contributed by atoms with Crippen LogP contribution in [-0.4, -0.2) is 13.2 Å². The molecule has 1 aromatic rings. The Morgan fingerprint density at radius 3 is 2.23 bits per heavy atom. The molecule has 0 radical (unpaired) electrons. The van der Waals surface area contributed by atoms with Crippen molar-refractivity contribution in [3.8, 4) is 0 Å². The molecule has 0 amide bonds. The maximum atomic E-state index is 12.9. The maximum absolute atomic E-state index is 12.9. The zero-order valence-electron chi connectivity index (χ0n) is 6.73. The third kappa shape index (κ3) is 2.40. The number of hydrogen-bond acceptors (Lipinski definition) is 1. The molecule has 0 saturated carbocycles. The zero-order chi connectivity index (χ0) is 10.1. The molecule has 0 aromatic heterocycles. The van der Waals surface area contributed by atoms with Crippen LogP contribution in [0.5, 0.6) is 0 Å². The van der Waals surface area contributed by atoms with Gasteiger partial charge in [0.2, 0.25) is 0 Å². The van der Waals surface area contributed by atoms with Crippen molar-refractivity contribution in [2.75, 3.05) is 6.26 Å². The Morgan fingerprint density at radius 1 is 1.23 bits per heavy atom. The average molecular weight is 209 g/mol. The summed E-state index contributed by atoms with van der Waals surface area (Å²) in [6.45, 7) is -5.09. The van der Waals surface area contributed by atoms with Crippen LogP contribution in [0.1, 0.15) is 0 Å². The van der Waals surface area contributed by atoms with Crippen LogP contribution < -0.4 is 5.46 Å². The average Bonchev–Trinajstić information content (AvgIpc) is 2.02. The summed E-state index contributed by atoms with van der Waals surface area (Å²) in [7, 11) is 0. The van der Waals surface area contributed by atoms with Crippen molar-refractivity contribution in [3.05, 3.63) is 24.0 Å². The van der Waals surface area contributed by atoms with E-state index in [1.165, 1.54) is 0 Å². The first kappa shape index (κ1) is 10.4. The Kier molecular flexibility index (Phi) is 2.90. The first-order valence-electron chi connectivity index (χ1n) is 3.48. The highest BCUT2D eigenvalue weighted by molar-refractivity contribution is 7.98. The van der Waals surface area contributed by atoms with Gasteiger partial charge in [-0.2, -0.15) is 0 Å². The first-order valence-corrected chi connectivity index (χ1v) is 4.71. The minimum Gasteiger partial charge on any atom is -0.445 e. The molecule has 6 heteroatoms. The zero-order valence-corrected chi connectivity index (χ0v) is 7.55. The van der Waals surface area contributed by atoms with Crippen LogP contribution in [0.25, 0.3) is 0 Å². The Labute approximate surface area is 77.4 Å². The quantitative estimate of drug-likeness (QED) is 0.409. The van der Waals surface area contributed by atoms with Gasteiger partial charge < -0.3 is 12.9 Å². The van der Waals surface area contributed by atoms with Crippen molar-refractivity contribution in [2.24, 2.45) is 0 Å². The van der Waals surface area contributed by atoms with E-state index in [1.54, 1.807) is 6.26 Å². The van der Waals surface area contributed by atoms with Gasteiger partial charge in [-0.3, -0.25) is 0 Å². The molecule has 0 bridgehead atoms. The Hall–Kier alpha value is -0.645. The van der Waals surface area contributed by atoms with Crippen LogP contribution in [0.3, 0.4) is 0 Å². The van der Waals surface area contributed by atoms with Crippen molar-refractivity contribution >= 4 is 24.2 Å². The molecule has 1 rings (SSSR count). The van der Waals surface area contributed by atoms with E-state index >= 15 is 0 Å². The summed E-state index contributed by atoms with van der Waals surface area (Å²) in [6, 6.07) is 2.57. The standard InChI is InChI=1S/C7H6BF4S/c1-13-7-3-2-5(4-6(7)9)8(10,11)12/h2-4H,1H3/q-1. The normalized spacial score (nSPS) is 11.8. The minimum absolute atomic E-state index is 0.226. The van der Waals surface area contributed by atoms with Gasteiger partial charge in [0.1, 0.15) is 5.82 Å². The third-order valence-corrected chi connectivity index (χ3v) is 2.32. The molecule has 0 heterocycles. The summed E-state index contributed by atoms with van der Waals surface area (Å²) in [6.07, 6.45) is 1.61. The second-order valence-electron chi connectivity index (χ2n) is 2.47. The van der Waals surface area contributed by atoms with Crippen LogP contribution in [0.15, 0.2) is 23.1 Å². The smallest absolute Gasteiger partial charge is 0.445 e. The fourth-order valence-corrected chi connectivity index (χ4v) is 1.34. The Balaban J connectivity index is 3.10. The summed E-state index contributed by atoms with van der Waals surface area (Å²) in [5.74, 6) is -0.816. The third-order valence-electron chi connectivity index (χ3n) is 1.55. The second-order valence-corrected chi connectivity index (χ2v) is 3.32. The number of halogens is 4. The molecule has 72 valence electrons. The van der Waals surface area contributed by atoms with Gasteiger partial charge in [-0.1, -0.05) is 12.1 Å². The summed E-state index contributed by atoms with van der Waals surface area (Å²) in [5, 5.41) is 0. The topological polar surface area (TPSA) is 0 Å². The molecule has 0 unspecified atom stereocenters. The lowest BCUT2D eigenvalue weighted by atomic mass is 9.80. The molecule has 1 aromatic carbocycles.